The maximum absolute atomic E-state index is 9.04. The third-order valence-corrected chi connectivity index (χ3v) is 2.54. The van der Waals surface area contributed by atoms with Crippen molar-refractivity contribution in [3.63, 3.8) is 0 Å². The van der Waals surface area contributed by atoms with Crippen LogP contribution in [-0.2, 0) is 0 Å². The third-order valence-electron chi connectivity index (χ3n) is 2.54. The Hall–Kier alpha value is -2.88. The van der Waals surface area contributed by atoms with Gasteiger partial charge in [-0.2, -0.15) is 10.4 Å². The van der Waals surface area contributed by atoms with E-state index in [0.29, 0.717) is 28.2 Å². The largest absolute Gasteiger partial charge is 0.345 e. The molecule has 0 bridgehead atoms. The molecule has 3 aromatic heterocycles. The van der Waals surface area contributed by atoms with E-state index in [0.717, 1.165) is 5.69 Å². The molecule has 0 aliphatic carbocycles. The smallest absolute Gasteiger partial charge is 0.153 e. The maximum Gasteiger partial charge on any atom is 0.153 e. The van der Waals surface area contributed by atoms with Gasteiger partial charge in [0.25, 0.3) is 0 Å². The molecule has 3 N–H and O–H groups in total. The number of nitriles is 1. The van der Waals surface area contributed by atoms with Gasteiger partial charge in [-0.15, -0.1) is 0 Å². The second-order valence-corrected chi connectivity index (χ2v) is 3.82. The van der Waals surface area contributed by atoms with Crippen molar-refractivity contribution in [2.45, 2.75) is 6.92 Å². The summed E-state index contributed by atoms with van der Waals surface area (Å²) >= 11 is 0. The van der Waals surface area contributed by atoms with Gasteiger partial charge in [-0.3, -0.25) is 5.10 Å². The lowest BCUT2D eigenvalue weighted by molar-refractivity contribution is 1.05. The zero-order chi connectivity index (χ0) is 12.5. The Labute approximate surface area is 102 Å². The van der Waals surface area contributed by atoms with E-state index in [1.54, 1.807) is 6.20 Å². The van der Waals surface area contributed by atoms with Crippen molar-refractivity contribution in [3.05, 3.63) is 29.8 Å². The highest BCUT2D eigenvalue weighted by atomic mass is 15.2. The van der Waals surface area contributed by atoms with Crippen LogP contribution < -0.4 is 5.32 Å². The number of fused-ring (bicyclic) bond motifs is 1. The molecule has 0 radical (unpaired) electrons. The monoisotopic (exact) mass is 239 g/mol. The van der Waals surface area contributed by atoms with Gasteiger partial charge in [-0.1, -0.05) is 0 Å². The normalized spacial score (nSPS) is 10.4. The molecule has 18 heavy (non-hydrogen) atoms. The summed E-state index contributed by atoms with van der Waals surface area (Å²) in [4.78, 5) is 11.1. The summed E-state index contributed by atoms with van der Waals surface area (Å²) in [5, 5.41) is 19.7. The molecular formula is C11H9N7. The molecule has 7 nitrogen and oxygen atoms in total. The SMILES string of the molecule is Cc1cc(Nc2ncnc3[nH]cc(C#N)c23)n[nH]1. The van der Waals surface area contributed by atoms with E-state index in [4.69, 9.17) is 5.26 Å². The minimum atomic E-state index is 0.500. The molecule has 3 heterocycles. The Morgan fingerprint density at radius 2 is 2.28 bits per heavy atom. The Bertz CT molecular complexity index is 746. The quantitative estimate of drug-likeness (QED) is 0.629. The number of aromatic nitrogens is 5. The van der Waals surface area contributed by atoms with Gasteiger partial charge in [0, 0.05) is 18.0 Å². The average molecular weight is 239 g/mol. The number of rotatable bonds is 2. The summed E-state index contributed by atoms with van der Waals surface area (Å²) in [5.41, 5.74) is 2.06. The van der Waals surface area contributed by atoms with Gasteiger partial charge in [0.05, 0.1) is 10.9 Å². The van der Waals surface area contributed by atoms with Crippen LogP contribution in [0.2, 0.25) is 0 Å². The van der Waals surface area contributed by atoms with Crippen LogP contribution in [0.3, 0.4) is 0 Å². The summed E-state index contributed by atoms with van der Waals surface area (Å²) in [6.45, 7) is 1.91. The molecule has 88 valence electrons. The molecule has 3 rings (SSSR count). The first-order valence-electron chi connectivity index (χ1n) is 5.29. The molecule has 0 fully saturated rings. The lowest BCUT2D eigenvalue weighted by Gasteiger charge is -2.02. The molecule has 0 saturated carbocycles. The van der Waals surface area contributed by atoms with E-state index in [-0.39, 0.29) is 0 Å². The number of anilines is 2. The van der Waals surface area contributed by atoms with Gasteiger partial charge < -0.3 is 10.3 Å². The van der Waals surface area contributed by atoms with Crippen molar-refractivity contribution < 1.29 is 0 Å². The summed E-state index contributed by atoms with van der Waals surface area (Å²) in [7, 11) is 0. The van der Waals surface area contributed by atoms with Gasteiger partial charge >= 0.3 is 0 Å². The minimum Gasteiger partial charge on any atom is -0.345 e. The number of aromatic amines is 2. The lowest BCUT2D eigenvalue weighted by Crippen LogP contribution is -1.96. The van der Waals surface area contributed by atoms with Gasteiger partial charge in [-0.25, -0.2) is 9.97 Å². The van der Waals surface area contributed by atoms with Gasteiger partial charge in [-0.05, 0) is 6.92 Å². The fourth-order valence-corrected chi connectivity index (χ4v) is 1.75. The minimum absolute atomic E-state index is 0.500. The third kappa shape index (κ3) is 1.56. The van der Waals surface area contributed by atoms with Crippen molar-refractivity contribution in [2.24, 2.45) is 0 Å². The summed E-state index contributed by atoms with van der Waals surface area (Å²) in [6, 6.07) is 3.96. The number of H-pyrrole nitrogens is 2. The molecule has 0 aromatic carbocycles. The van der Waals surface area contributed by atoms with Crippen molar-refractivity contribution in [1.82, 2.24) is 25.1 Å². The summed E-state index contributed by atoms with van der Waals surface area (Å²) in [5.74, 6) is 1.21. The highest BCUT2D eigenvalue weighted by molar-refractivity contribution is 5.93. The van der Waals surface area contributed by atoms with Crippen LogP contribution >= 0.6 is 0 Å². The number of nitrogens with one attached hydrogen (secondary N) is 3. The van der Waals surface area contributed by atoms with Crippen LogP contribution in [0.5, 0.6) is 0 Å². The van der Waals surface area contributed by atoms with E-state index in [2.05, 4.69) is 36.5 Å². The van der Waals surface area contributed by atoms with Crippen molar-refractivity contribution in [2.75, 3.05) is 5.32 Å². The molecule has 7 heteroatoms. The molecule has 0 spiro atoms. The molecule has 0 atom stereocenters. The highest BCUT2D eigenvalue weighted by Gasteiger charge is 2.11. The van der Waals surface area contributed by atoms with E-state index >= 15 is 0 Å². The molecule has 3 aromatic rings. The van der Waals surface area contributed by atoms with Crippen molar-refractivity contribution in [3.8, 4) is 6.07 Å². The fraction of sp³-hybridized carbons (Fsp3) is 0.0909. The Morgan fingerprint density at radius 1 is 1.39 bits per heavy atom. The standard InChI is InChI=1S/C11H9N7/c1-6-2-8(18-17-6)16-11-9-7(3-12)4-13-10(9)14-5-15-11/h2,4-5H,1H3,(H3,13,14,15,16,17,18). The summed E-state index contributed by atoms with van der Waals surface area (Å²) in [6.07, 6.45) is 3.04. The first-order chi connectivity index (χ1) is 8.78. The molecule has 0 aliphatic rings. The molecule has 0 unspecified atom stereocenters. The number of hydrogen-bond donors (Lipinski definition) is 3. The zero-order valence-corrected chi connectivity index (χ0v) is 9.52. The second kappa shape index (κ2) is 3.85. The predicted octanol–water partition coefficient (Wildman–Crippen LogP) is 1.60. The number of aryl methyl sites for hydroxylation is 1. The average Bonchev–Trinajstić information content (AvgIpc) is 2.96. The fourth-order valence-electron chi connectivity index (χ4n) is 1.75. The molecule has 0 aliphatic heterocycles. The van der Waals surface area contributed by atoms with Crippen molar-refractivity contribution in [1.29, 1.82) is 5.26 Å². The van der Waals surface area contributed by atoms with Crippen LogP contribution in [0.15, 0.2) is 18.6 Å². The van der Waals surface area contributed by atoms with E-state index < -0.39 is 0 Å². The van der Waals surface area contributed by atoms with Crippen LogP contribution in [0.4, 0.5) is 11.6 Å². The predicted molar refractivity (Wildman–Crippen MR) is 65.2 cm³/mol. The molecule has 0 saturated heterocycles. The zero-order valence-electron chi connectivity index (χ0n) is 9.52. The van der Waals surface area contributed by atoms with E-state index in [1.165, 1.54) is 6.33 Å². The Kier molecular flexibility index (Phi) is 2.20. The van der Waals surface area contributed by atoms with Gasteiger partial charge in [0.15, 0.2) is 5.82 Å². The summed E-state index contributed by atoms with van der Waals surface area (Å²) < 4.78 is 0. The van der Waals surface area contributed by atoms with Crippen LogP contribution in [0, 0.1) is 18.3 Å². The number of nitrogens with zero attached hydrogens (tertiary/aromatic N) is 4. The second-order valence-electron chi connectivity index (χ2n) is 3.82. The van der Waals surface area contributed by atoms with Crippen LogP contribution in [-0.4, -0.2) is 25.1 Å². The van der Waals surface area contributed by atoms with Gasteiger partial charge in [0.2, 0.25) is 0 Å². The number of hydrogen-bond acceptors (Lipinski definition) is 5. The van der Waals surface area contributed by atoms with Crippen molar-refractivity contribution >= 4 is 22.7 Å². The van der Waals surface area contributed by atoms with Crippen LogP contribution in [0.1, 0.15) is 11.3 Å². The lowest BCUT2D eigenvalue weighted by atomic mass is 10.2. The topological polar surface area (TPSA) is 106 Å². The first-order valence-corrected chi connectivity index (χ1v) is 5.29. The van der Waals surface area contributed by atoms with Gasteiger partial charge in [0.1, 0.15) is 23.9 Å². The first kappa shape index (κ1) is 10.3. The maximum atomic E-state index is 9.04. The molecular weight excluding hydrogens is 230 g/mol. The van der Waals surface area contributed by atoms with E-state index in [1.807, 2.05) is 13.0 Å². The Balaban J connectivity index is 2.11. The van der Waals surface area contributed by atoms with E-state index in [9.17, 15) is 0 Å². The highest BCUT2D eigenvalue weighted by Crippen LogP contribution is 2.24. The molecule has 0 amide bonds. The Morgan fingerprint density at radius 3 is 3.00 bits per heavy atom. The van der Waals surface area contributed by atoms with Crippen LogP contribution in [0.25, 0.3) is 11.0 Å².